The van der Waals surface area contributed by atoms with E-state index in [1.807, 2.05) is 194 Å². The maximum Gasteiger partial charge on any atom is 0.426 e. The van der Waals surface area contributed by atoms with Crippen molar-refractivity contribution in [3.63, 3.8) is 0 Å². The van der Waals surface area contributed by atoms with Gasteiger partial charge in [-0.3, -0.25) is 28.8 Å². The highest BCUT2D eigenvalue weighted by Gasteiger charge is 2.58. The highest BCUT2D eigenvalue weighted by Crippen LogP contribution is 2.46. The van der Waals surface area contributed by atoms with Crippen LogP contribution in [0.5, 0.6) is 5.75 Å². The van der Waals surface area contributed by atoms with Crippen molar-refractivity contribution in [2.45, 2.75) is 420 Å². The van der Waals surface area contributed by atoms with Gasteiger partial charge in [0.1, 0.15) is 65.4 Å². The van der Waals surface area contributed by atoms with Gasteiger partial charge in [-0.25, -0.2) is 27.6 Å². The Balaban J connectivity index is 2.23. The van der Waals surface area contributed by atoms with E-state index in [1.54, 1.807) is 113 Å². The van der Waals surface area contributed by atoms with E-state index in [-0.39, 0.29) is 42.5 Å². The van der Waals surface area contributed by atoms with E-state index in [0.29, 0.717) is 16.9 Å². The molecule has 742 valence electrons. The molecule has 0 radical (unpaired) electrons. The minimum atomic E-state index is -4.44. The van der Waals surface area contributed by atoms with Gasteiger partial charge in [-0.15, -0.1) is 4.90 Å². The number of carbonyl (C=O) groups is 10. The van der Waals surface area contributed by atoms with Gasteiger partial charge in [0, 0.05) is 32.0 Å². The Morgan fingerprint density at radius 1 is 0.469 bits per heavy atom. The molecule has 2 aliphatic heterocycles. The molecule has 2 saturated heterocycles. The Labute approximate surface area is 785 Å². The van der Waals surface area contributed by atoms with E-state index in [2.05, 4.69) is 60.4 Å². The number of rotatable bonds is 34. The summed E-state index contributed by atoms with van der Waals surface area (Å²) in [6.07, 6.45) is -11.1. The van der Waals surface area contributed by atoms with Crippen LogP contribution in [0.15, 0.2) is 54.6 Å². The standard InChI is InChI=1S/C93H168N8O22SSi6/c1-60-56-100(73(74(60)123-130(41,42)93(28,29)30)80(107)101(83(110)116-86(7,8)9)84(111)117-87(10,11)12)79(106)71(62(3)119-126(33,34)89(16,17)18)97-77(104)72(69(122-129(39,40)92(25,26)27)54-63-48-50-65(51-49-63)120-127(35,36)90(19,20)21)98-76(103)68-55-66(121-128(37,38)91(22,23)24)57-99(68)78(105)70(61(2)118-125(31,32)88(13,14)15)96-75(102)67(95-82(109)115-85(4,5)6)59-124(112,113)53-52-94-81(108)114-58-64-46-44-43-45-47-64/h43-51,60-62,66-74H,52-59H2,1-42H3,(H,94,108)(H,95,109)(H,96,102)(H,97,104)(H,98,103)/t60-,61+,62+,66+,67?,68-,69-,70-,71-,72-,73-,74+/m0/s1. The molecule has 2 aliphatic rings. The summed E-state index contributed by atoms with van der Waals surface area (Å²) >= 11 is 0. The number of benzene rings is 2. The first-order chi connectivity index (χ1) is 58.2. The molecule has 37 heteroatoms. The predicted octanol–water partition coefficient (Wildman–Crippen LogP) is 17.4. The highest BCUT2D eigenvalue weighted by molar-refractivity contribution is 7.91. The number of nitrogens with one attached hydrogen (secondary N) is 5. The van der Waals surface area contributed by atoms with Crippen LogP contribution < -0.4 is 31.0 Å². The molecule has 5 N–H and O–H groups in total. The minimum Gasteiger partial charge on any atom is -0.544 e. The van der Waals surface area contributed by atoms with Crippen LogP contribution in [-0.2, 0) is 92.7 Å². The summed E-state index contributed by atoms with van der Waals surface area (Å²) < 4.78 is 94.4. The average molecular weight is 1950 g/mol. The Bertz CT molecular complexity index is 4330. The number of alkyl carbamates (subject to hydrolysis) is 2. The van der Waals surface area contributed by atoms with Crippen molar-refractivity contribution in [3.05, 3.63) is 65.7 Å². The number of amides is 10. The molecular weight excluding hydrogens is 1780 g/mol. The van der Waals surface area contributed by atoms with Gasteiger partial charge in [0.15, 0.2) is 51.4 Å². The third-order valence-electron chi connectivity index (χ3n) is 26.7. The van der Waals surface area contributed by atoms with Crippen LogP contribution in [0.3, 0.4) is 0 Å². The van der Waals surface area contributed by atoms with Gasteiger partial charge in [0.2, 0.25) is 37.9 Å². The summed E-state index contributed by atoms with van der Waals surface area (Å²) in [7, 11) is -22.0. The highest BCUT2D eigenvalue weighted by atomic mass is 32.2. The average Bonchev–Trinajstić information content (AvgIpc) is 1.60. The van der Waals surface area contributed by atoms with Crippen molar-refractivity contribution < 1.29 is 102 Å². The first-order valence-electron chi connectivity index (χ1n) is 45.8. The molecule has 0 aliphatic carbocycles. The first kappa shape index (κ1) is 116. The molecule has 2 aromatic rings. The maximum atomic E-state index is 17.2. The van der Waals surface area contributed by atoms with Crippen LogP contribution >= 0.6 is 0 Å². The largest absolute Gasteiger partial charge is 0.544 e. The van der Waals surface area contributed by atoms with Crippen molar-refractivity contribution in [1.29, 1.82) is 0 Å². The Morgan fingerprint density at radius 3 is 1.33 bits per heavy atom. The van der Waals surface area contributed by atoms with Crippen molar-refractivity contribution in [2.75, 3.05) is 31.1 Å². The molecule has 0 aromatic heterocycles. The second-order valence-corrected chi connectivity index (χ2v) is 78.4. The fraction of sp³-hybridized carbons (Fsp3) is 0.763. The van der Waals surface area contributed by atoms with E-state index < -0.39 is 252 Å². The minimum absolute atomic E-state index is 0.0788. The lowest BCUT2D eigenvalue weighted by Crippen LogP contribution is -2.66. The molecule has 4 rings (SSSR count). The molecule has 1 unspecified atom stereocenters. The molecule has 2 heterocycles. The van der Waals surface area contributed by atoms with E-state index in [1.165, 1.54) is 9.80 Å². The van der Waals surface area contributed by atoms with E-state index in [0.717, 1.165) is 0 Å². The molecule has 0 spiro atoms. The Kier molecular flexibility index (Phi) is 38.2. The molecule has 130 heavy (non-hydrogen) atoms. The second-order valence-electron chi connectivity index (χ2n) is 47.7. The maximum absolute atomic E-state index is 17.2. The van der Waals surface area contributed by atoms with Crippen molar-refractivity contribution in [3.8, 4) is 5.75 Å². The lowest BCUT2D eigenvalue weighted by atomic mass is 9.99. The molecular formula is C93H168N8O22SSi6. The van der Waals surface area contributed by atoms with Gasteiger partial charge < -0.3 is 81.9 Å². The van der Waals surface area contributed by atoms with Gasteiger partial charge in [-0.1, -0.05) is 174 Å². The van der Waals surface area contributed by atoms with Crippen LogP contribution in [0, 0.1) is 5.92 Å². The molecule has 2 fully saturated rings. The van der Waals surface area contributed by atoms with E-state index >= 15 is 28.8 Å². The number of hydrogen-bond donors (Lipinski definition) is 5. The molecule has 10 amide bonds. The lowest BCUT2D eigenvalue weighted by molar-refractivity contribution is -0.149. The lowest BCUT2D eigenvalue weighted by Gasteiger charge is -2.43. The van der Waals surface area contributed by atoms with Crippen LogP contribution in [0.4, 0.5) is 19.2 Å². The molecule has 30 nitrogen and oxygen atoms in total. The Morgan fingerprint density at radius 2 is 0.892 bits per heavy atom. The zero-order chi connectivity index (χ0) is 101. The molecule has 12 atom stereocenters. The molecule has 0 bridgehead atoms. The summed E-state index contributed by atoms with van der Waals surface area (Å²) in [5, 5.41) is 11.2. The third-order valence-corrected chi connectivity index (χ3v) is 55.3. The van der Waals surface area contributed by atoms with Crippen LogP contribution in [0.25, 0.3) is 0 Å². The van der Waals surface area contributed by atoms with Gasteiger partial charge in [-0.2, -0.15) is 0 Å². The summed E-state index contributed by atoms with van der Waals surface area (Å²) in [6, 6.07) is 5.54. The quantitative estimate of drug-likeness (QED) is 0.0321. The van der Waals surface area contributed by atoms with Crippen LogP contribution in [0.1, 0.15) is 225 Å². The fourth-order valence-corrected chi connectivity index (χ4v) is 22.3. The summed E-state index contributed by atoms with van der Waals surface area (Å²) in [5.41, 5.74) is -2.37. The normalized spacial score (nSPS) is 19.3. The number of likely N-dealkylation sites (tertiary alicyclic amines) is 2. The smallest absolute Gasteiger partial charge is 0.426 e. The Hall–Kier alpha value is -6.41. The topological polar surface area (TPSA) is 367 Å². The van der Waals surface area contributed by atoms with Crippen LogP contribution in [-0.4, -0.2) is 248 Å². The van der Waals surface area contributed by atoms with Crippen molar-refractivity contribution >= 4 is 120 Å². The fourth-order valence-electron chi connectivity index (χ4n) is 13.0. The SMILES string of the molecule is C[C@H]1CN(C(=O)[C@@H](NC(=O)[C@@H](NC(=O)[C@@H]2C[C@@H](O[Si](C)(C)C(C)(C)C)CN2C(=O)[C@@H](NC(=O)C(CS(=O)(=O)CCNC(=O)OCc2ccccc2)NC(=O)OC(C)(C)C)[C@@H](C)O[Si](C)(C)C(C)(C)C)[C@H](Cc2ccc(O[Si](C)(C)C(C)(C)C)cc2)O[Si](C)(C)C(C)(C)C)[C@@H](C)O[Si](C)(C)C(C)(C)C)[C@H](C(=O)N(C(=O)OC(C)(C)C)C(=O)OC(C)(C)C)[C@@H]1O[Si](C)(C)C(C)(C)C. The van der Waals surface area contributed by atoms with E-state index in [4.69, 9.17) is 45.5 Å². The predicted molar refractivity (Wildman–Crippen MR) is 526 cm³/mol. The van der Waals surface area contributed by atoms with Crippen molar-refractivity contribution in [1.82, 2.24) is 41.3 Å². The monoisotopic (exact) mass is 1950 g/mol. The number of ether oxygens (including phenoxy) is 4. The van der Waals surface area contributed by atoms with Gasteiger partial charge in [-0.05, 0) is 215 Å². The summed E-state index contributed by atoms with van der Waals surface area (Å²) in [6.45, 7) is 78.7. The number of carbonyl (C=O) groups excluding carboxylic acids is 10. The third kappa shape index (κ3) is 33.0. The summed E-state index contributed by atoms with van der Waals surface area (Å²) in [4.78, 5) is 159. The number of imide groups is 3. The van der Waals surface area contributed by atoms with Gasteiger partial charge >= 0.3 is 24.4 Å². The zero-order valence-corrected chi connectivity index (χ0v) is 93.8. The second kappa shape index (κ2) is 42.9. The van der Waals surface area contributed by atoms with Gasteiger partial charge in [0.05, 0.1) is 42.0 Å². The number of sulfone groups is 1. The summed E-state index contributed by atoms with van der Waals surface area (Å²) in [5.74, 6) is -7.94. The molecule has 2 aromatic carbocycles. The van der Waals surface area contributed by atoms with Crippen LogP contribution in [0.2, 0.25) is 109 Å². The zero-order valence-electron chi connectivity index (χ0n) is 87.0. The van der Waals surface area contributed by atoms with Gasteiger partial charge in [0.25, 0.3) is 5.91 Å². The number of hydrogen-bond acceptors (Lipinski definition) is 22. The molecule has 0 saturated carbocycles. The first-order valence-corrected chi connectivity index (χ1v) is 65.1. The van der Waals surface area contributed by atoms with Crippen molar-refractivity contribution in [2.24, 2.45) is 5.92 Å². The number of nitrogens with zero attached hydrogens (tertiary/aromatic N) is 3. The van der Waals surface area contributed by atoms with E-state index in [9.17, 15) is 27.6 Å².